The molecule has 2 heteroatoms. The molecular formula is C17H20I2. The second kappa shape index (κ2) is 7.62. The van der Waals surface area contributed by atoms with E-state index in [0.717, 1.165) is 0 Å². The molecule has 0 nitrogen and oxygen atoms in total. The molecule has 0 aliphatic rings. The quantitative estimate of drug-likeness (QED) is 0.475. The van der Waals surface area contributed by atoms with E-state index in [2.05, 4.69) is 91.9 Å². The SMILES string of the molecule is Cc1ccc(C(c2ccc(I)cc2)C(C)C)cc1.I. The van der Waals surface area contributed by atoms with Gasteiger partial charge in [-0.25, -0.2) is 0 Å². The Kier molecular flexibility index (Phi) is 6.80. The van der Waals surface area contributed by atoms with Crippen LogP contribution >= 0.6 is 46.6 Å². The summed E-state index contributed by atoms with van der Waals surface area (Å²) in [6.07, 6.45) is 0. The second-order valence-corrected chi connectivity index (χ2v) is 6.43. The Balaban J connectivity index is 0.00000180. The third kappa shape index (κ3) is 4.45. The fourth-order valence-electron chi connectivity index (χ4n) is 2.41. The van der Waals surface area contributed by atoms with Gasteiger partial charge in [0.05, 0.1) is 0 Å². The zero-order valence-electron chi connectivity index (χ0n) is 11.6. The van der Waals surface area contributed by atoms with Crippen molar-refractivity contribution in [3.05, 3.63) is 68.8 Å². The standard InChI is InChI=1S/C17H19I.HI/c1-12(2)17(14-6-4-13(3)5-7-14)15-8-10-16(18)11-9-15;/h4-12,17H,1-3H3;1H. The Bertz CT molecular complexity index is 452. The minimum absolute atomic E-state index is 0. The van der Waals surface area contributed by atoms with Crippen LogP contribution in [0.1, 0.15) is 36.5 Å². The molecule has 1 atom stereocenters. The maximum absolute atomic E-state index is 2.36. The van der Waals surface area contributed by atoms with E-state index >= 15 is 0 Å². The normalized spacial score (nSPS) is 12.1. The van der Waals surface area contributed by atoms with Gasteiger partial charge in [0.1, 0.15) is 0 Å². The van der Waals surface area contributed by atoms with E-state index in [1.165, 1.54) is 20.3 Å². The van der Waals surface area contributed by atoms with Crippen LogP contribution < -0.4 is 0 Å². The van der Waals surface area contributed by atoms with Crippen LogP contribution in [0.2, 0.25) is 0 Å². The summed E-state index contributed by atoms with van der Waals surface area (Å²) in [7, 11) is 0. The van der Waals surface area contributed by atoms with Crippen molar-refractivity contribution in [1.82, 2.24) is 0 Å². The molecule has 0 aliphatic carbocycles. The average Bonchev–Trinajstić information content (AvgIpc) is 2.34. The van der Waals surface area contributed by atoms with Crippen molar-refractivity contribution in [1.29, 1.82) is 0 Å². The minimum Gasteiger partial charge on any atom is -0.107 e. The summed E-state index contributed by atoms with van der Waals surface area (Å²) in [5.74, 6) is 1.09. The van der Waals surface area contributed by atoms with Gasteiger partial charge in [-0.2, -0.15) is 0 Å². The maximum atomic E-state index is 2.36. The van der Waals surface area contributed by atoms with E-state index in [-0.39, 0.29) is 24.0 Å². The molecule has 0 fully saturated rings. The molecule has 0 amide bonds. The molecule has 0 aliphatic heterocycles. The summed E-state index contributed by atoms with van der Waals surface area (Å²) < 4.78 is 1.29. The molecule has 2 aromatic rings. The molecule has 0 radical (unpaired) electrons. The van der Waals surface area contributed by atoms with Gasteiger partial charge in [0.15, 0.2) is 0 Å². The lowest BCUT2D eigenvalue weighted by molar-refractivity contribution is 0.563. The molecule has 0 bridgehead atoms. The van der Waals surface area contributed by atoms with Gasteiger partial charge in [0, 0.05) is 9.49 Å². The highest BCUT2D eigenvalue weighted by atomic mass is 127. The summed E-state index contributed by atoms with van der Waals surface area (Å²) in [6, 6.07) is 17.8. The van der Waals surface area contributed by atoms with E-state index < -0.39 is 0 Å². The van der Waals surface area contributed by atoms with Crippen molar-refractivity contribution in [3.8, 4) is 0 Å². The van der Waals surface area contributed by atoms with Crippen LogP contribution in [0.5, 0.6) is 0 Å². The topological polar surface area (TPSA) is 0 Å². The zero-order chi connectivity index (χ0) is 13.1. The van der Waals surface area contributed by atoms with Gasteiger partial charge in [-0.05, 0) is 58.7 Å². The fourth-order valence-corrected chi connectivity index (χ4v) is 2.77. The molecule has 0 saturated heterocycles. The van der Waals surface area contributed by atoms with Gasteiger partial charge < -0.3 is 0 Å². The Hall–Kier alpha value is -0.100. The van der Waals surface area contributed by atoms with Crippen LogP contribution in [0.3, 0.4) is 0 Å². The first-order valence-electron chi connectivity index (χ1n) is 6.40. The highest BCUT2D eigenvalue weighted by Crippen LogP contribution is 2.32. The third-order valence-electron chi connectivity index (χ3n) is 3.33. The average molecular weight is 478 g/mol. The lowest BCUT2D eigenvalue weighted by Gasteiger charge is -2.22. The van der Waals surface area contributed by atoms with E-state index in [1.54, 1.807) is 0 Å². The molecule has 1 unspecified atom stereocenters. The summed E-state index contributed by atoms with van der Waals surface area (Å²) >= 11 is 2.36. The first-order valence-corrected chi connectivity index (χ1v) is 7.48. The van der Waals surface area contributed by atoms with Crippen LogP contribution in [-0.4, -0.2) is 0 Å². The highest BCUT2D eigenvalue weighted by Gasteiger charge is 2.17. The lowest BCUT2D eigenvalue weighted by Crippen LogP contribution is -2.08. The van der Waals surface area contributed by atoms with Crippen molar-refractivity contribution >= 4 is 46.6 Å². The predicted octanol–water partition coefficient (Wildman–Crippen LogP) is 6.01. The molecule has 0 saturated carbocycles. The Morgan fingerprint density at radius 1 is 0.789 bits per heavy atom. The summed E-state index contributed by atoms with van der Waals surface area (Å²) in [5, 5.41) is 0. The van der Waals surface area contributed by atoms with Crippen LogP contribution in [0, 0.1) is 16.4 Å². The van der Waals surface area contributed by atoms with Crippen molar-refractivity contribution in [2.75, 3.05) is 0 Å². The van der Waals surface area contributed by atoms with Crippen molar-refractivity contribution in [3.63, 3.8) is 0 Å². The molecule has 0 heterocycles. The van der Waals surface area contributed by atoms with E-state index in [4.69, 9.17) is 0 Å². The number of hydrogen-bond acceptors (Lipinski definition) is 0. The van der Waals surface area contributed by atoms with Gasteiger partial charge in [-0.1, -0.05) is 55.8 Å². The summed E-state index contributed by atoms with van der Waals surface area (Å²) in [5.41, 5.74) is 4.15. The number of halogens is 2. The van der Waals surface area contributed by atoms with Crippen molar-refractivity contribution in [2.45, 2.75) is 26.7 Å². The second-order valence-electron chi connectivity index (χ2n) is 5.18. The highest BCUT2D eigenvalue weighted by molar-refractivity contribution is 14.1. The zero-order valence-corrected chi connectivity index (χ0v) is 16.0. The maximum Gasteiger partial charge on any atom is 0.0130 e. The van der Waals surface area contributed by atoms with Gasteiger partial charge in [-0.15, -0.1) is 24.0 Å². The minimum atomic E-state index is 0. The Labute approximate surface area is 147 Å². The van der Waals surface area contributed by atoms with Crippen LogP contribution in [-0.2, 0) is 0 Å². The van der Waals surface area contributed by atoms with E-state index in [9.17, 15) is 0 Å². The van der Waals surface area contributed by atoms with Gasteiger partial charge in [0.2, 0.25) is 0 Å². The summed E-state index contributed by atoms with van der Waals surface area (Å²) in [6.45, 7) is 6.73. The Morgan fingerprint density at radius 2 is 1.21 bits per heavy atom. The largest absolute Gasteiger partial charge is 0.107 e. The number of rotatable bonds is 3. The van der Waals surface area contributed by atoms with Gasteiger partial charge in [-0.3, -0.25) is 0 Å². The third-order valence-corrected chi connectivity index (χ3v) is 4.05. The van der Waals surface area contributed by atoms with Gasteiger partial charge >= 0.3 is 0 Å². The van der Waals surface area contributed by atoms with Crippen molar-refractivity contribution < 1.29 is 0 Å². The first kappa shape index (κ1) is 17.0. The molecule has 102 valence electrons. The molecule has 19 heavy (non-hydrogen) atoms. The number of hydrogen-bond donors (Lipinski definition) is 0. The first-order chi connectivity index (χ1) is 8.58. The van der Waals surface area contributed by atoms with E-state index in [0.29, 0.717) is 11.8 Å². The molecular weight excluding hydrogens is 458 g/mol. The van der Waals surface area contributed by atoms with Gasteiger partial charge in [0.25, 0.3) is 0 Å². The number of benzene rings is 2. The fraction of sp³-hybridized carbons (Fsp3) is 0.294. The monoisotopic (exact) mass is 478 g/mol. The Morgan fingerprint density at radius 3 is 1.63 bits per heavy atom. The number of aryl methyl sites for hydroxylation is 1. The van der Waals surface area contributed by atoms with Crippen LogP contribution in [0.25, 0.3) is 0 Å². The predicted molar refractivity (Wildman–Crippen MR) is 102 cm³/mol. The molecule has 0 spiro atoms. The molecule has 2 aromatic carbocycles. The summed E-state index contributed by atoms with van der Waals surface area (Å²) in [4.78, 5) is 0. The molecule has 0 aromatic heterocycles. The molecule has 0 N–H and O–H groups in total. The lowest BCUT2D eigenvalue weighted by atomic mass is 9.82. The van der Waals surface area contributed by atoms with E-state index in [1.807, 2.05) is 0 Å². The van der Waals surface area contributed by atoms with Crippen LogP contribution in [0.4, 0.5) is 0 Å². The molecule has 2 rings (SSSR count). The van der Waals surface area contributed by atoms with Crippen LogP contribution in [0.15, 0.2) is 48.5 Å². The van der Waals surface area contributed by atoms with Crippen molar-refractivity contribution in [2.24, 2.45) is 5.92 Å². The smallest absolute Gasteiger partial charge is 0.0130 e.